The number of phenolic OH excluding ortho intramolecular Hbond substituents is 2. The highest BCUT2D eigenvalue weighted by molar-refractivity contribution is 7.99. The zero-order valence-corrected chi connectivity index (χ0v) is 9.76. The summed E-state index contributed by atoms with van der Waals surface area (Å²) in [7, 11) is 0. The monoisotopic (exact) mass is 237 g/mol. The Morgan fingerprint density at radius 2 is 2.12 bits per heavy atom. The fraction of sp³-hybridized carbons (Fsp3) is 0.333. The number of benzene rings is 1. The Hall–Kier alpha value is -1.31. The summed E-state index contributed by atoms with van der Waals surface area (Å²) in [5.41, 5.74) is 0.942. The first kappa shape index (κ1) is 12.8. The second-order valence-electron chi connectivity index (χ2n) is 3.26. The van der Waals surface area contributed by atoms with Crippen LogP contribution in [-0.4, -0.2) is 28.3 Å². The minimum absolute atomic E-state index is 0.0824. The Morgan fingerprint density at radius 3 is 2.81 bits per heavy atom. The van der Waals surface area contributed by atoms with Gasteiger partial charge in [-0.25, -0.2) is 0 Å². The van der Waals surface area contributed by atoms with Crippen LogP contribution < -0.4 is 5.32 Å². The van der Waals surface area contributed by atoms with Crippen molar-refractivity contribution in [1.82, 2.24) is 5.32 Å². The van der Waals surface area contributed by atoms with Gasteiger partial charge in [-0.2, -0.15) is 0 Å². The van der Waals surface area contributed by atoms with E-state index < -0.39 is 0 Å². The Labute approximate surface area is 99.9 Å². The normalized spacial score (nSPS) is 9.94. The first-order chi connectivity index (χ1) is 7.74. The van der Waals surface area contributed by atoms with Gasteiger partial charge in [0.1, 0.15) is 0 Å². The molecule has 3 nitrogen and oxygen atoms in total. The minimum atomic E-state index is -0.0895. The molecule has 3 N–H and O–H groups in total. The van der Waals surface area contributed by atoms with Gasteiger partial charge in [-0.1, -0.05) is 12.0 Å². The smallest absolute Gasteiger partial charge is 0.157 e. The molecule has 0 unspecified atom stereocenters. The van der Waals surface area contributed by atoms with Crippen LogP contribution in [-0.2, 0) is 6.54 Å². The van der Waals surface area contributed by atoms with Crippen molar-refractivity contribution in [2.45, 2.75) is 6.54 Å². The summed E-state index contributed by atoms with van der Waals surface area (Å²) in [5, 5.41) is 21.6. The predicted molar refractivity (Wildman–Crippen MR) is 67.6 cm³/mol. The summed E-state index contributed by atoms with van der Waals surface area (Å²) >= 11 is 1.71. The SMILES string of the molecule is C#CCSCCNCc1ccc(O)c(O)c1. The molecule has 0 bridgehead atoms. The maximum Gasteiger partial charge on any atom is 0.157 e. The number of terminal acetylenes is 1. The maximum absolute atomic E-state index is 9.27. The summed E-state index contributed by atoms with van der Waals surface area (Å²) in [6.07, 6.45) is 5.12. The number of nitrogens with one attached hydrogen (secondary N) is 1. The van der Waals surface area contributed by atoms with Gasteiger partial charge in [0, 0.05) is 18.8 Å². The highest BCUT2D eigenvalue weighted by atomic mass is 32.2. The summed E-state index contributed by atoms with van der Waals surface area (Å²) in [6, 6.07) is 4.81. The zero-order valence-electron chi connectivity index (χ0n) is 8.94. The van der Waals surface area contributed by atoms with E-state index in [0.29, 0.717) is 6.54 Å². The zero-order chi connectivity index (χ0) is 11.8. The van der Waals surface area contributed by atoms with Gasteiger partial charge in [0.2, 0.25) is 0 Å². The number of hydrogen-bond donors (Lipinski definition) is 3. The first-order valence-corrected chi connectivity index (χ1v) is 6.12. The van der Waals surface area contributed by atoms with Crippen molar-refractivity contribution in [3.8, 4) is 23.8 Å². The summed E-state index contributed by atoms with van der Waals surface area (Å²) in [5.74, 6) is 4.10. The van der Waals surface area contributed by atoms with Crippen molar-refractivity contribution < 1.29 is 10.2 Å². The average Bonchev–Trinajstić information content (AvgIpc) is 2.28. The van der Waals surface area contributed by atoms with Gasteiger partial charge in [-0.05, 0) is 17.7 Å². The topological polar surface area (TPSA) is 52.5 Å². The molecule has 1 rings (SSSR count). The van der Waals surface area contributed by atoms with Crippen LogP contribution in [0.4, 0.5) is 0 Å². The van der Waals surface area contributed by atoms with E-state index in [0.717, 1.165) is 23.6 Å². The summed E-state index contributed by atoms with van der Waals surface area (Å²) in [6.45, 7) is 1.54. The molecule has 0 aliphatic rings. The number of hydrogen-bond acceptors (Lipinski definition) is 4. The lowest BCUT2D eigenvalue weighted by Crippen LogP contribution is -2.16. The van der Waals surface area contributed by atoms with Crippen LogP contribution in [0.3, 0.4) is 0 Å². The molecule has 0 heterocycles. The van der Waals surface area contributed by atoms with Crippen LogP contribution in [0.1, 0.15) is 5.56 Å². The van der Waals surface area contributed by atoms with Crippen LogP contribution in [0.2, 0.25) is 0 Å². The van der Waals surface area contributed by atoms with Gasteiger partial charge >= 0.3 is 0 Å². The molecule has 86 valence electrons. The fourth-order valence-corrected chi connectivity index (χ4v) is 1.74. The van der Waals surface area contributed by atoms with Crippen LogP contribution in [0.15, 0.2) is 18.2 Å². The van der Waals surface area contributed by atoms with Crippen molar-refractivity contribution in [2.24, 2.45) is 0 Å². The molecule has 16 heavy (non-hydrogen) atoms. The van der Waals surface area contributed by atoms with Gasteiger partial charge in [0.25, 0.3) is 0 Å². The first-order valence-electron chi connectivity index (χ1n) is 4.97. The molecular formula is C12H15NO2S. The largest absolute Gasteiger partial charge is 0.504 e. The third-order valence-corrected chi connectivity index (χ3v) is 2.84. The molecule has 0 atom stereocenters. The number of aromatic hydroxyl groups is 2. The molecule has 1 aromatic rings. The van der Waals surface area contributed by atoms with Crippen molar-refractivity contribution >= 4 is 11.8 Å². The molecule has 1 aromatic carbocycles. The van der Waals surface area contributed by atoms with E-state index in [9.17, 15) is 5.11 Å². The highest BCUT2D eigenvalue weighted by Crippen LogP contribution is 2.24. The third-order valence-electron chi connectivity index (χ3n) is 1.98. The van der Waals surface area contributed by atoms with E-state index in [1.54, 1.807) is 23.9 Å². The Balaban J connectivity index is 2.22. The van der Waals surface area contributed by atoms with Crippen LogP contribution in [0.5, 0.6) is 11.5 Å². The van der Waals surface area contributed by atoms with Crippen LogP contribution in [0, 0.1) is 12.3 Å². The standard InChI is InChI=1S/C12H15NO2S/c1-2-6-16-7-5-13-9-10-3-4-11(14)12(15)8-10/h1,3-4,8,13-15H,5-7,9H2. The van der Waals surface area contributed by atoms with Crippen LogP contribution >= 0.6 is 11.8 Å². The van der Waals surface area contributed by atoms with Gasteiger partial charge in [-0.15, -0.1) is 18.2 Å². The molecule has 0 aromatic heterocycles. The van der Waals surface area contributed by atoms with E-state index in [-0.39, 0.29) is 11.5 Å². The minimum Gasteiger partial charge on any atom is -0.504 e. The van der Waals surface area contributed by atoms with E-state index in [4.69, 9.17) is 11.5 Å². The van der Waals surface area contributed by atoms with E-state index >= 15 is 0 Å². The molecule has 0 aliphatic carbocycles. The lowest BCUT2D eigenvalue weighted by molar-refractivity contribution is 0.403. The molecule has 0 spiro atoms. The summed E-state index contributed by atoms with van der Waals surface area (Å²) < 4.78 is 0. The quantitative estimate of drug-likeness (QED) is 0.399. The Bertz CT molecular complexity index is 374. The van der Waals surface area contributed by atoms with Crippen LogP contribution in [0.25, 0.3) is 0 Å². The molecule has 0 radical (unpaired) electrons. The van der Waals surface area contributed by atoms with Crippen molar-refractivity contribution in [1.29, 1.82) is 0 Å². The molecule has 0 amide bonds. The predicted octanol–water partition coefficient (Wildman–Crippen LogP) is 1.55. The molecule has 0 saturated heterocycles. The Morgan fingerprint density at radius 1 is 1.31 bits per heavy atom. The average molecular weight is 237 g/mol. The van der Waals surface area contributed by atoms with Crippen molar-refractivity contribution in [3.05, 3.63) is 23.8 Å². The molecule has 0 fully saturated rings. The maximum atomic E-state index is 9.27. The highest BCUT2D eigenvalue weighted by Gasteiger charge is 1.99. The second kappa shape index (κ2) is 7.04. The van der Waals surface area contributed by atoms with E-state index in [1.807, 2.05) is 0 Å². The number of phenols is 2. The second-order valence-corrected chi connectivity index (χ2v) is 4.36. The van der Waals surface area contributed by atoms with E-state index in [1.165, 1.54) is 6.07 Å². The molecule has 0 saturated carbocycles. The summed E-state index contributed by atoms with van der Waals surface area (Å²) in [4.78, 5) is 0. The molecular weight excluding hydrogens is 222 g/mol. The molecule has 0 aliphatic heterocycles. The number of rotatable bonds is 6. The third kappa shape index (κ3) is 4.47. The van der Waals surface area contributed by atoms with Gasteiger partial charge < -0.3 is 15.5 Å². The fourth-order valence-electron chi connectivity index (χ4n) is 1.19. The van der Waals surface area contributed by atoms with E-state index in [2.05, 4.69) is 11.2 Å². The van der Waals surface area contributed by atoms with Gasteiger partial charge in [-0.3, -0.25) is 0 Å². The van der Waals surface area contributed by atoms with Gasteiger partial charge in [0.15, 0.2) is 11.5 Å². The lowest BCUT2D eigenvalue weighted by Gasteiger charge is -2.05. The van der Waals surface area contributed by atoms with Crippen molar-refractivity contribution in [3.63, 3.8) is 0 Å². The van der Waals surface area contributed by atoms with Gasteiger partial charge in [0.05, 0.1) is 5.75 Å². The van der Waals surface area contributed by atoms with Crippen molar-refractivity contribution in [2.75, 3.05) is 18.1 Å². The number of thioether (sulfide) groups is 1. The molecule has 4 heteroatoms. The lowest BCUT2D eigenvalue weighted by atomic mass is 10.2. The Kier molecular flexibility index (Phi) is 5.62.